The van der Waals surface area contributed by atoms with Crippen LogP contribution >= 0.6 is 11.8 Å². The fraction of sp³-hybridized carbons (Fsp3) is 0.233. The average molecular weight is 541 g/mol. The van der Waals surface area contributed by atoms with Crippen molar-refractivity contribution in [3.8, 4) is 23.0 Å². The smallest absolute Gasteiger partial charge is 0.302 e. The molecule has 1 aliphatic heterocycles. The number of imide groups is 1. The van der Waals surface area contributed by atoms with Crippen LogP contribution in [0.5, 0.6) is 0 Å². The summed E-state index contributed by atoms with van der Waals surface area (Å²) in [5, 5.41) is 14.6. The third-order valence-corrected chi connectivity index (χ3v) is 7.05. The lowest BCUT2D eigenvalue weighted by Gasteiger charge is -2.27. The van der Waals surface area contributed by atoms with Gasteiger partial charge in [0.2, 0.25) is 0 Å². The van der Waals surface area contributed by atoms with E-state index >= 15 is 0 Å². The fourth-order valence-corrected chi connectivity index (χ4v) is 4.89. The summed E-state index contributed by atoms with van der Waals surface area (Å²) in [4.78, 5) is 39.7. The lowest BCUT2D eigenvalue weighted by Crippen LogP contribution is -2.43. The summed E-state index contributed by atoms with van der Waals surface area (Å²) in [6.07, 6.45) is 3.79. The highest BCUT2D eigenvalue weighted by molar-refractivity contribution is 7.99. The van der Waals surface area contributed by atoms with Crippen LogP contribution in [0.1, 0.15) is 32.8 Å². The number of amides is 2. The largest absolute Gasteiger partial charge is 0.466 e. The molecule has 0 N–H and O–H groups in total. The molecule has 0 unspecified atom stereocenters. The topological polar surface area (TPSA) is 105 Å². The molecule has 0 saturated heterocycles. The SMILES string of the molecule is CCSc1ccc(-c2nn(-c3ccccc3)cc2/C=C2/C(=O)N(CCCOC(C)=O)C(=O)C(C#N)=C2C)cc1. The van der Waals surface area contributed by atoms with Gasteiger partial charge in [-0.3, -0.25) is 19.3 Å². The first-order chi connectivity index (χ1) is 18.8. The molecule has 1 aromatic heterocycles. The minimum atomic E-state index is -0.649. The van der Waals surface area contributed by atoms with Gasteiger partial charge in [0.1, 0.15) is 11.6 Å². The molecular formula is C30H28N4O4S. The van der Waals surface area contributed by atoms with Crippen molar-refractivity contribution in [3.05, 3.63) is 83.1 Å². The predicted molar refractivity (Wildman–Crippen MR) is 150 cm³/mol. The molecule has 0 aliphatic carbocycles. The Labute approximate surface area is 231 Å². The molecule has 0 atom stereocenters. The van der Waals surface area contributed by atoms with Gasteiger partial charge in [-0.25, -0.2) is 4.68 Å². The molecule has 8 nitrogen and oxygen atoms in total. The number of carbonyl (C=O) groups is 3. The van der Waals surface area contributed by atoms with Crippen LogP contribution in [0.3, 0.4) is 0 Å². The van der Waals surface area contributed by atoms with E-state index < -0.39 is 17.8 Å². The zero-order chi connectivity index (χ0) is 27.9. The van der Waals surface area contributed by atoms with Crippen LogP contribution in [0.15, 0.2) is 82.4 Å². The van der Waals surface area contributed by atoms with Crippen molar-refractivity contribution in [2.24, 2.45) is 0 Å². The van der Waals surface area contributed by atoms with Crippen molar-refractivity contribution in [1.82, 2.24) is 14.7 Å². The van der Waals surface area contributed by atoms with Crippen LogP contribution in [-0.4, -0.2) is 51.4 Å². The molecule has 0 radical (unpaired) electrons. The maximum atomic E-state index is 13.5. The lowest BCUT2D eigenvalue weighted by molar-refractivity contribution is -0.141. The monoisotopic (exact) mass is 540 g/mol. The van der Waals surface area contributed by atoms with Gasteiger partial charge in [0, 0.05) is 41.3 Å². The van der Waals surface area contributed by atoms with Crippen molar-refractivity contribution in [2.75, 3.05) is 18.9 Å². The standard InChI is InChI=1S/C30H28N4O4S/c1-4-39-25-13-11-22(12-14-25)28-23(19-34(32-28)24-9-6-5-7-10-24)17-26-20(2)27(18-31)30(37)33(29(26)36)15-8-16-38-21(3)35/h5-7,9-14,17,19H,4,8,15-16H2,1-3H3/b26-17+. The van der Waals surface area contributed by atoms with Gasteiger partial charge in [-0.05, 0) is 55.0 Å². The number of nitrogens with zero attached hydrogens (tertiary/aromatic N) is 4. The number of thioether (sulfide) groups is 1. The highest BCUT2D eigenvalue weighted by Crippen LogP contribution is 2.32. The van der Waals surface area contributed by atoms with Gasteiger partial charge >= 0.3 is 5.97 Å². The lowest BCUT2D eigenvalue weighted by atomic mass is 9.93. The van der Waals surface area contributed by atoms with Crippen molar-refractivity contribution < 1.29 is 19.1 Å². The summed E-state index contributed by atoms with van der Waals surface area (Å²) in [6.45, 7) is 5.08. The second-order valence-corrected chi connectivity index (χ2v) is 10.1. The molecular weight excluding hydrogens is 512 g/mol. The van der Waals surface area contributed by atoms with Gasteiger partial charge in [-0.1, -0.05) is 37.3 Å². The third-order valence-electron chi connectivity index (χ3n) is 6.16. The Morgan fingerprint density at radius 3 is 2.46 bits per heavy atom. The Morgan fingerprint density at radius 1 is 1.10 bits per heavy atom. The Kier molecular flexibility index (Phi) is 8.79. The summed E-state index contributed by atoms with van der Waals surface area (Å²) in [5.41, 5.74) is 3.52. The number of ether oxygens (including phenoxy) is 1. The molecule has 4 rings (SSSR count). The van der Waals surface area contributed by atoms with Crippen LogP contribution in [0, 0.1) is 11.3 Å². The first-order valence-corrected chi connectivity index (χ1v) is 13.5. The van der Waals surface area contributed by atoms with Gasteiger partial charge in [0.15, 0.2) is 0 Å². The second kappa shape index (κ2) is 12.4. The zero-order valence-electron chi connectivity index (χ0n) is 22.0. The molecule has 2 amide bonds. The number of nitriles is 1. The number of benzene rings is 2. The maximum Gasteiger partial charge on any atom is 0.302 e. The number of hydrogen-bond acceptors (Lipinski definition) is 7. The maximum absolute atomic E-state index is 13.5. The molecule has 0 spiro atoms. The van der Waals surface area contributed by atoms with Gasteiger partial charge in [0.05, 0.1) is 18.0 Å². The number of rotatable bonds is 9. The molecule has 2 aromatic carbocycles. The summed E-state index contributed by atoms with van der Waals surface area (Å²) >= 11 is 1.74. The van der Waals surface area contributed by atoms with Crippen LogP contribution in [-0.2, 0) is 19.1 Å². The number of para-hydroxylation sites is 1. The van der Waals surface area contributed by atoms with E-state index in [1.165, 1.54) is 6.92 Å². The van der Waals surface area contributed by atoms with Crippen LogP contribution in [0.4, 0.5) is 0 Å². The minimum absolute atomic E-state index is 0.0213. The summed E-state index contributed by atoms with van der Waals surface area (Å²) in [7, 11) is 0. The van der Waals surface area contributed by atoms with E-state index in [1.54, 1.807) is 29.4 Å². The zero-order valence-corrected chi connectivity index (χ0v) is 22.8. The number of carbonyl (C=O) groups excluding carboxylic acids is 3. The van der Waals surface area contributed by atoms with Gasteiger partial charge in [0.25, 0.3) is 11.8 Å². The van der Waals surface area contributed by atoms with Crippen LogP contribution in [0.25, 0.3) is 23.0 Å². The molecule has 0 fully saturated rings. The van der Waals surface area contributed by atoms with Crippen molar-refractivity contribution >= 4 is 35.6 Å². The van der Waals surface area contributed by atoms with Crippen molar-refractivity contribution in [3.63, 3.8) is 0 Å². The van der Waals surface area contributed by atoms with E-state index in [0.29, 0.717) is 16.8 Å². The molecule has 39 heavy (non-hydrogen) atoms. The quantitative estimate of drug-likeness (QED) is 0.121. The van der Waals surface area contributed by atoms with E-state index in [1.807, 2.05) is 66.9 Å². The summed E-state index contributed by atoms with van der Waals surface area (Å²) in [5.74, 6) is -0.633. The number of hydrogen-bond donors (Lipinski definition) is 0. The van der Waals surface area contributed by atoms with E-state index in [9.17, 15) is 19.6 Å². The molecule has 0 bridgehead atoms. The van der Waals surface area contributed by atoms with Gasteiger partial charge in [-0.15, -0.1) is 11.8 Å². The molecule has 3 aromatic rings. The molecule has 9 heteroatoms. The van der Waals surface area contributed by atoms with Gasteiger partial charge in [-0.2, -0.15) is 10.4 Å². The second-order valence-electron chi connectivity index (χ2n) is 8.80. The number of aromatic nitrogens is 2. The van der Waals surface area contributed by atoms with E-state index in [4.69, 9.17) is 9.84 Å². The Morgan fingerprint density at radius 2 is 1.82 bits per heavy atom. The Bertz CT molecular complexity index is 1500. The highest BCUT2D eigenvalue weighted by atomic mass is 32.2. The minimum Gasteiger partial charge on any atom is -0.466 e. The highest BCUT2D eigenvalue weighted by Gasteiger charge is 2.35. The van der Waals surface area contributed by atoms with E-state index in [0.717, 1.165) is 26.8 Å². The number of esters is 1. The fourth-order valence-electron chi connectivity index (χ4n) is 4.23. The van der Waals surface area contributed by atoms with Crippen molar-refractivity contribution in [1.29, 1.82) is 5.26 Å². The normalized spacial score (nSPS) is 14.6. The third kappa shape index (κ3) is 6.19. The molecule has 0 saturated carbocycles. The van der Waals surface area contributed by atoms with Crippen LogP contribution < -0.4 is 0 Å². The Balaban J connectivity index is 1.79. The van der Waals surface area contributed by atoms with E-state index in [2.05, 4.69) is 6.92 Å². The van der Waals surface area contributed by atoms with Crippen LogP contribution in [0.2, 0.25) is 0 Å². The summed E-state index contributed by atoms with van der Waals surface area (Å²) < 4.78 is 6.69. The van der Waals surface area contributed by atoms with Gasteiger partial charge < -0.3 is 4.74 Å². The summed E-state index contributed by atoms with van der Waals surface area (Å²) in [6, 6.07) is 19.7. The first-order valence-electron chi connectivity index (χ1n) is 12.5. The van der Waals surface area contributed by atoms with E-state index in [-0.39, 0.29) is 30.7 Å². The molecule has 2 heterocycles. The molecule has 198 valence electrons. The molecule has 1 aliphatic rings. The predicted octanol–water partition coefficient (Wildman–Crippen LogP) is 5.20. The first kappa shape index (κ1) is 27.6. The average Bonchev–Trinajstić information content (AvgIpc) is 3.36. The van der Waals surface area contributed by atoms with Crippen molar-refractivity contribution in [2.45, 2.75) is 32.1 Å². The Hall–Kier alpha value is -4.42.